The molecule has 1 aromatic rings. The van der Waals surface area contributed by atoms with Crippen molar-refractivity contribution in [1.82, 2.24) is 0 Å². The van der Waals surface area contributed by atoms with Crippen LogP contribution in [0.4, 0.5) is 5.69 Å². The number of anilines is 1. The molecular weight excluding hydrogens is 232 g/mol. The summed E-state index contributed by atoms with van der Waals surface area (Å²) < 4.78 is 11.4. The molecule has 0 fully saturated rings. The predicted molar refractivity (Wildman–Crippen MR) is 68.1 cm³/mol. The van der Waals surface area contributed by atoms with Crippen molar-refractivity contribution < 1.29 is 14.6 Å². The van der Waals surface area contributed by atoms with Crippen molar-refractivity contribution in [3.63, 3.8) is 0 Å². The minimum absolute atomic E-state index is 0.447. The minimum atomic E-state index is -0.729. The molecule has 4 N–H and O–H groups in total. The number of benzene rings is 1. The van der Waals surface area contributed by atoms with Gasteiger partial charge in [0.2, 0.25) is 0 Å². The molecule has 5 heteroatoms. The molecule has 0 bridgehead atoms. The molecular formula is C13H18N2O3. The Balaban J connectivity index is 2.09. The molecule has 2 atom stereocenters. The van der Waals surface area contributed by atoms with E-state index in [0.29, 0.717) is 12.4 Å². The van der Waals surface area contributed by atoms with Gasteiger partial charge in [0.25, 0.3) is 0 Å². The lowest BCUT2D eigenvalue weighted by Gasteiger charge is -2.41. The first-order valence-corrected chi connectivity index (χ1v) is 6.16. The van der Waals surface area contributed by atoms with Crippen LogP contribution >= 0.6 is 0 Å². The molecule has 1 aromatic carbocycles. The van der Waals surface area contributed by atoms with Gasteiger partial charge in [-0.25, -0.2) is 0 Å². The Morgan fingerprint density at radius 1 is 1.39 bits per heavy atom. The smallest absolute Gasteiger partial charge is 0.146 e. The monoisotopic (exact) mass is 250 g/mol. The molecule has 0 saturated carbocycles. The van der Waals surface area contributed by atoms with Gasteiger partial charge in [-0.1, -0.05) is 0 Å². The first-order valence-electron chi connectivity index (χ1n) is 6.16. The zero-order valence-corrected chi connectivity index (χ0v) is 10.6. The Kier molecular flexibility index (Phi) is 2.43. The van der Waals surface area contributed by atoms with E-state index < -0.39 is 17.7 Å². The van der Waals surface area contributed by atoms with E-state index in [9.17, 15) is 5.11 Å². The maximum absolute atomic E-state index is 10.2. The molecule has 18 heavy (non-hydrogen) atoms. The maximum atomic E-state index is 10.2. The van der Waals surface area contributed by atoms with Crippen LogP contribution in [0.25, 0.3) is 0 Å². The third kappa shape index (κ3) is 1.62. The first-order chi connectivity index (χ1) is 8.49. The summed E-state index contributed by atoms with van der Waals surface area (Å²) in [6, 6.07) is 3.31. The Labute approximate surface area is 106 Å². The lowest BCUT2D eigenvalue weighted by molar-refractivity contribution is -0.0572. The molecule has 2 aliphatic heterocycles. The molecule has 0 amide bonds. The van der Waals surface area contributed by atoms with Crippen LogP contribution in [0.3, 0.4) is 0 Å². The van der Waals surface area contributed by atoms with Crippen molar-refractivity contribution in [2.24, 2.45) is 5.73 Å². The van der Waals surface area contributed by atoms with E-state index in [0.717, 1.165) is 23.5 Å². The van der Waals surface area contributed by atoms with Crippen molar-refractivity contribution in [3.8, 4) is 11.5 Å². The fourth-order valence-electron chi connectivity index (χ4n) is 2.48. The number of hydrogen-bond donors (Lipinski definition) is 3. The van der Waals surface area contributed by atoms with Gasteiger partial charge in [-0.3, -0.25) is 0 Å². The summed E-state index contributed by atoms with van der Waals surface area (Å²) in [4.78, 5) is 0. The van der Waals surface area contributed by atoms with Gasteiger partial charge in [0.1, 0.15) is 29.8 Å². The summed E-state index contributed by atoms with van der Waals surface area (Å²) in [5.74, 6) is 1.47. The average Bonchev–Trinajstić information content (AvgIpc) is 2.34. The molecule has 98 valence electrons. The van der Waals surface area contributed by atoms with Gasteiger partial charge in [0.15, 0.2) is 0 Å². The molecule has 0 aliphatic carbocycles. The molecule has 0 radical (unpaired) electrons. The highest BCUT2D eigenvalue weighted by atomic mass is 16.5. The topological polar surface area (TPSA) is 76.7 Å². The van der Waals surface area contributed by atoms with Crippen molar-refractivity contribution in [3.05, 3.63) is 17.7 Å². The fourth-order valence-corrected chi connectivity index (χ4v) is 2.48. The van der Waals surface area contributed by atoms with Crippen LogP contribution in [-0.4, -0.2) is 30.0 Å². The van der Waals surface area contributed by atoms with E-state index in [4.69, 9.17) is 15.2 Å². The second kappa shape index (κ2) is 3.76. The Morgan fingerprint density at radius 3 is 2.94 bits per heavy atom. The van der Waals surface area contributed by atoms with Crippen LogP contribution in [-0.2, 0) is 0 Å². The molecule has 5 nitrogen and oxygen atoms in total. The zero-order valence-electron chi connectivity index (χ0n) is 10.6. The highest BCUT2D eigenvalue weighted by Gasteiger charge is 2.41. The van der Waals surface area contributed by atoms with Gasteiger partial charge in [-0.05, 0) is 19.9 Å². The summed E-state index contributed by atoms with van der Waals surface area (Å²) in [6.07, 6.45) is -0.729. The third-order valence-electron chi connectivity index (χ3n) is 3.57. The van der Waals surface area contributed by atoms with E-state index >= 15 is 0 Å². The quantitative estimate of drug-likeness (QED) is 0.641. The van der Waals surface area contributed by atoms with Crippen LogP contribution in [0.5, 0.6) is 11.5 Å². The highest BCUT2D eigenvalue weighted by Crippen LogP contribution is 2.43. The number of hydrogen-bond acceptors (Lipinski definition) is 5. The van der Waals surface area contributed by atoms with Crippen molar-refractivity contribution >= 4 is 5.69 Å². The number of nitrogens with one attached hydrogen (secondary N) is 1. The minimum Gasteiger partial charge on any atom is -0.489 e. The Morgan fingerprint density at radius 2 is 2.17 bits per heavy atom. The third-order valence-corrected chi connectivity index (χ3v) is 3.57. The number of aliphatic hydroxyl groups is 1. The van der Waals surface area contributed by atoms with Gasteiger partial charge in [0, 0.05) is 18.2 Å². The standard InChI is InChI=1S/C13H18N2O3/c1-13(2)12(16)11(14)7-5-8-10(6-9(7)18-13)17-4-3-15-8/h5-6,11-12,15-16H,3-4,14H2,1-2H3. The maximum Gasteiger partial charge on any atom is 0.146 e. The van der Waals surface area contributed by atoms with Crippen molar-refractivity contribution in [2.75, 3.05) is 18.5 Å². The number of ether oxygens (including phenoxy) is 2. The second-order valence-corrected chi connectivity index (χ2v) is 5.34. The second-order valence-electron chi connectivity index (χ2n) is 5.34. The molecule has 0 aromatic heterocycles. The summed E-state index contributed by atoms with van der Waals surface area (Å²) in [5, 5.41) is 13.4. The van der Waals surface area contributed by atoms with E-state index in [1.54, 1.807) is 0 Å². The number of aliphatic hydroxyl groups excluding tert-OH is 1. The summed E-state index contributed by atoms with van der Waals surface area (Å²) in [6.45, 7) is 5.08. The van der Waals surface area contributed by atoms with Crippen LogP contribution in [0, 0.1) is 0 Å². The highest BCUT2D eigenvalue weighted by molar-refractivity contribution is 5.64. The van der Waals surface area contributed by atoms with Crippen LogP contribution in [0.1, 0.15) is 25.5 Å². The lowest BCUT2D eigenvalue weighted by Crippen LogP contribution is -2.51. The van der Waals surface area contributed by atoms with Crippen LogP contribution < -0.4 is 20.5 Å². The summed E-state index contributed by atoms with van der Waals surface area (Å²) >= 11 is 0. The number of fused-ring (bicyclic) bond motifs is 2. The Bertz CT molecular complexity index is 487. The predicted octanol–water partition coefficient (Wildman–Crippen LogP) is 1.02. The van der Waals surface area contributed by atoms with E-state index in [1.807, 2.05) is 26.0 Å². The molecule has 0 saturated heterocycles. The van der Waals surface area contributed by atoms with E-state index in [2.05, 4.69) is 5.32 Å². The lowest BCUT2D eigenvalue weighted by atomic mass is 9.87. The molecule has 2 aliphatic rings. The molecule has 2 unspecified atom stereocenters. The van der Waals surface area contributed by atoms with Crippen molar-refractivity contribution in [2.45, 2.75) is 31.6 Å². The molecule has 3 rings (SSSR count). The summed E-state index contributed by atoms with van der Waals surface area (Å²) in [5.41, 5.74) is 7.13. The van der Waals surface area contributed by atoms with E-state index in [1.165, 1.54) is 0 Å². The van der Waals surface area contributed by atoms with Gasteiger partial charge >= 0.3 is 0 Å². The van der Waals surface area contributed by atoms with Gasteiger partial charge < -0.3 is 25.6 Å². The SMILES string of the molecule is CC1(C)Oc2cc3c(cc2C(N)C1O)NCCO3. The van der Waals surface area contributed by atoms with Crippen molar-refractivity contribution in [1.29, 1.82) is 0 Å². The summed E-state index contributed by atoms with van der Waals surface area (Å²) in [7, 11) is 0. The Hall–Kier alpha value is -1.46. The van der Waals surface area contributed by atoms with Gasteiger partial charge in [-0.2, -0.15) is 0 Å². The number of nitrogens with two attached hydrogens (primary N) is 1. The van der Waals surface area contributed by atoms with Gasteiger partial charge in [-0.15, -0.1) is 0 Å². The van der Waals surface area contributed by atoms with Gasteiger partial charge in [0.05, 0.1) is 11.7 Å². The van der Waals surface area contributed by atoms with Crippen LogP contribution in [0.15, 0.2) is 12.1 Å². The average molecular weight is 250 g/mol. The van der Waals surface area contributed by atoms with E-state index in [-0.39, 0.29) is 0 Å². The molecule has 0 spiro atoms. The normalized spacial score (nSPS) is 28.2. The largest absolute Gasteiger partial charge is 0.489 e. The zero-order chi connectivity index (χ0) is 12.9. The van der Waals surface area contributed by atoms with Crippen LogP contribution in [0.2, 0.25) is 0 Å². The number of rotatable bonds is 0. The first kappa shape index (κ1) is 11.6. The fraction of sp³-hybridized carbons (Fsp3) is 0.538. The molecule has 2 heterocycles.